The molecule has 3 aromatic carbocycles. The van der Waals surface area contributed by atoms with Crippen LogP contribution in [-0.2, 0) is 4.79 Å². The first kappa shape index (κ1) is 21.7. The van der Waals surface area contributed by atoms with Gasteiger partial charge in [-0.25, -0.2) is 10.2 Å². The average Bonchev–Trinajstić information content (AvgIpc) is 2.79. The van der Waals surface area contributed by atoms with Crippen molar-refractivity contribution >= 4 is 35.6 Å². The molecule has 3 aromatic rings. The lowest BCUT2D eigenvalue weighted by molar-refractivity contribution is -0.120. The number of hydrogen-bond acceptors (Lipinski definition) is 5. The molecule has 31 heavy (non-hydrogen) atoms. The molecular formula is C23H18ClN3O4. The van der Waals surface area contributed by atoms with Gasteiger partial charge < -0.3 is 10.1 Å². The van der Waals surface area contributed by atoms with Gasteiger partial charge in [-0.15, -0.1) is 0 Å². The van der Waals surface area contributed by atoms with Crippen molar-refractivity contribution in [3.8, 4) is 5.75 Å². The zero-order valence-electron chi connectivity index (χ0n) is 16.2. The van der Waals surface area contributed by atoms with E-state index in [2.05, 4.69) is 15.8 Å². The maximum atomic E-state index is 12.0. The van der Waals surface area contributed by atoms with Gasteiger partial charge in [-0.05, 0) is 60.2 Å². The van der Waals surface area contributed by atoms with E-state index >= 15 is 0 Å². The monoisotopic (exact) mass is 435 g/mol. The smallest absolute Gasteiger partial charge is 0.343 e. The van der Waals surface area contributed by atoms with Crippen molar-refractivity contribution in [3.05, 3.63) is 101 Å². The maximum Gasteiger partial charge on any atom is 0.343 e. The van der Waals surface area contributed by atoms with Gasteiger partial charge in [0.1, 0.15) is 5.75 Å². The molecule has 0 heterocycles. The molecule has 0 atom stereocenters. The van der Waals surface area contributed by atoms with Gasteiger partial charge in [0, 0.05) is 10.6 Å². The van der Waals surface area contributed by atoms with Crippen molar-refractivity contribution in [2.45, 2.75) is 0 Å². The van der Waals surface area contributed by atoms with E-state index in [1.807, 2.05) is 6.07 Å². The van der Waals surface area contributed by atoms with Gasteiger partial charge in [-0.3, -0.25) is 9.59 Å². The molecule has 0 saturated carbocycles. The van der Waals surface area contributed by atoms with E-state index in [-0.39, 0.29) is 6.54 Å². The summed E-state index contributed by atoms with van der Waals surface area (Å²) in [5.74, 6) is -0.963. The normalized spacial score (nSPS) is 10.5. The number of carbonyl (C=O) groups excluding carboxylic acids is 3. The molecule has 2 amide bonds. The van der Waals surface area contributed by atoms with Crippen LogP contribution in [0.25, 0.3) is 0 Å². The van der Waals surface area contributed by atoms with E-state index in [0.717, 1.165) is 0 Å². The summed E-state index contributed by atoms with van der Waals surface area (Å²) in [6.07, 6.45) is 1.43. The number of nitrogens with zero attached hydrogens (tertiary/aromatic N) is 1. The van der Waals surface area contributed by atoms with Crippen molar-refractivity contribution in [2.24, 2.45) is 5.10 Å². The molecule has 0 saturated heterocycles. The second-order valence-corrected chi connectivity index (χ2v) is 6.75. The largest absolute Gasteiger partial charge is 0.423 e. The summed E-state index contributed by atoms with van der Waals surface area (Å²) < 4.78 is 5.29. The van der Waals surface area contributed by atoms with Crippen LogP contribution in [0.5, 0.6) is 5.75 Å². The Morgan fingerprint density at radius 3 is 2.32 bits per heavy atom. The average molecular weight is 436 g/mol. The lowest BCUT2D eigenvalue weighted by Crippen LogP contribution is -2.34. The summed E-state index contributed by atoms with van der Waals surface area (Å²) in [5, 5.41) is 6.75. The number of rotatable bonds is 7. The first-order valence-electron chi connectivity index (χ1n) is 9.24. The highest BCUT2D eigenvalue weighted by Gasteiger charge is 2.08. The minimum absolute atomic E-state index is 0.239. The molecule has 0 fully saturated rings. The lowest BCUT2D eigenvalue weighted by atomic mass is 10.2. The first-order chi connectivity index (χ1) is 15.0. The Labute approximate surface area is 183 Å². The minimum atomic E-state index is -0.486. The van der Waals surface area contributed by atoms with Gasteiger partial charge in [0.05, 0.1) is 18.3 Å². The topological polar surface area (TPSA) is 96.9 Å². The molecule has 0 aromatic heterocycles. The second-order valence-electron chi connectivity index (χ2n) is 6.31. The van der Waals surface area contributed by atoms with Crippen LogP contribution in [0.15, 0.2) is 84.0 Å². The molecule has 3 rings (SSSR count). The number of hydrogen-bond donors (Lipinski definition) is 2. The predicted octanol–water partition coefficient (Wildman–Crippen LogP) is 3.44. The summed E-state index contributed by atoms with van der Waals surface area (Å²) >= 11 is 5.84. The zero-order chi connectivity index (χ0) is 22.1. The Morgan fingerprint density at radius 2 is 1.61 bits per heavy atom. The van der Waals surface area contributed by atoms with Gasteiger partial charge in [-0.1, -0.05) is 35.9 Å². The Kier molecular flexibility index (Phi) is 7.50. The van der Waals surface area contributed by atoms with E-state index in [1.165, 1.54) is 12.3 Å². The maximum absolute atomic E-state index is 12.0. The fraction of sp³-hybridized carbons (Fsp3) is 0.0435. The van der Waals surface area contributed by atoms with Crippen molar-refractivity contribution in [3.63, 3.8) is 0 Å². The van der Waals surface area contributed by atoms with Gasteiger partial charge in [-0.2, -0.15) is 5.10 Å². The van der Waals surface area contributed by atoms with Crippen molar-refractivity contribution in [1.82, 2.24) is 10.7 Å². The Morgan fingerprint density at radius 1 is 0.903 bits per heavy atom. The molecule has 8 heteroatoms. The molecular weight excluding hydrogens is 418 g/mol. The van der Waals surface area contributed by atoms with Crippen LogP contribution in [0.4, 0.5) is 0 Å². The SMILES string of the molecule is O=C(CNC(=O)c1cccc(Cl)c1)N/N=C\c1ccc(OC(=O)c2ccccc2)cc1. The van der Waals surface area contributed by atoms with Gasteiger partial charge >= 0.3 is 5.97 Å². The van der Waals surface area contributed by atoms with E-state index < -0.39 is 17.8 Å². The quantitative estimate of drug-likeness (QED) is 0.257. The number of hydrazone groups is 1. The van der Waals surface area contributed by atoms with Crippen LogP contribution in [-0.4, -0.2) is 30.5 Å². The molecule has 2 N–H and O–H groups in total. The standard InChI is InChI=1S/C23H18ClN3O4/c24-19-8-4-7-18(13-19)22(29)25-15-21(28)27-26-14-16-9-11-20(12-10-16)31-23(30)17-5-2-1-3-6-17/h1-14H,15H2,(H,25,29)(H,27,28)/b26-14-. The van der Waals surface area contributed by atoms with Crippen LogP contribution in [0.1, 0.15) is 26.3 Å². The third-order valence-corrected chi connectivity index (χ3v) is 4.23. The molecule has 7 nitrogen and oxygen atoms in total. The third-order valence-electron chi connectivity index (χ3n) is 4.00. The fourth-order valence-corrected chi connectivity index (χ4v) is 2.66. The molecule has 0 aliphatic heterocycles. The van der Waals surface area contributed by atoms with Crippen LogP contribution >= 0.6 is 11.6 Å². The number of esters is 1. The Hall–Kier alpha value is -3.97. The molecule has 0 unspecified atom stereocenters. The highest BCUT2D eigenvalue weighted by atomic mass is 35.5. The zero-order valence-corrected chi connectivity index (χ0v) is 17.0. The summed E-state index contributed by atoms with van der Waals surface area (Å²) in [4.78, 5) is 35.8. The lowest BCUT2D eigenvalue weighted by Gasteiger charge is -2.05. The highest BCUT2D eigenvalue weighted by Crippen LogP contribution is 2.13. The molecule has 156 valence electrons. The molecule has 0 spiro atoms. The van der Waals surface area contributed by atoms with E-state index in [0.29, 0.717) is 27.5 Å². The minimum Gasteiger partial charge on any atom is -0.423 e. The van der Waals surface area contributed by atoms with E-state index in [1.54, 1.807) is 66.7 Å². The molecule has 0 bridgehead atoms. The van der Waals surface area contributed by atoms with Gasteiger partial charge in [0.2, 0.25) is 0 Å². The summed E-state index contributed by atoms with van der Waals surface area (Å²) in [6, 6.07) is 21.7. The van der Waals surface area contributed by atoms with Crippen molar-refractivity contribution in [1.29, 1.82) is 0 Å². The number of amides is 2. The third kappa shape index (κ3) is 6.80. The first-order valence-corrected chi connectivity index (χ1v) is 9.62. The van der Waals surface area contributed by atoms with Crippen molar-refractivity contribution < 1.29 is 19.1 Å². The van der Waals surface area contributed by atoms with Gasteiger partial charge in [0.25, 0.3) is 11.8 Å². The number of benzene rings is 3. The summed E-state index contributed by atoms with van der Waals surface area (Å²) in [7, 11) is 0. The second kappa shape index (κ2) is 10.7. The summed E-state index contributed by atoms with van der Waals surface area (Å²) in [5.41, 5.74) is 3.82. The Bertz CT molecular complexity index is 1100. The fourth-order valence-electron chi connectivity index (χ4n) is 2.47. The number of carbonyl (C=O) groups is 3. The van der Waals surface area contributed by atoms with Crippen molar-refractivity contribution in [2.75, 3.05) is 6.54 Å². The molecule has 0 aliphatic carbocycles. The van der Waals surface area contributed by atoms with E-state index in [9.17, 15) is 14.4 Å². The number of halogens is 1. The van der Waals surface area contributed by atoms with Crippen LogP contribution in [0.2, 0.25) is 5.02 Å². The predicted molar refractivity (Wildman–Crippen MR) is 117 cm³/mol. The van der Waals surface area contributed by atoms with Crippen LogP contribution in [0.3, 0.4) is 0 Å². The summed E-state index contributed by atoms with van der Waals surface area (Å²) in [6.45, 7) is -0.239. The van der Waals surface area contributed by atoms with Crippen LogP contribution < -0.4 is 15.5 Å². The molecule has 0 aliphatic rings. The highest BCUT2D eigenvalue weighted by molar-refractivity contribution is 6.31. The number of nitrogens with one attached hydrogen (secondary N) is 2. The Balaban J connectivity index is 1.44. The van der Waals surface area contributed by atoms with Crippen LogP contribution in [0, 0.1) is 0 Å². The van der Waals surface area contributed by atoms with Gasteiger partial charge in [0.15, 0.2) is 0 Å². The molecule has 0 radical (unpaired) electrons. The number of ether oxygens (including phenoxy) is 1. The van der Waals surface area contributed by atoms with E-state index in [4.69, 9.17) is 16.3 Å².